The van der Waals surface area contributed by atoms with Crippen LogP contribution in [0.4, 0.5) is 0 Å². The van der Waals surface area contributed by atoms with Gasteiger partial charge in [0.15, 0.2) is 5.65 Å². The third-order valence-corrected chi connectivity index (χ3v) is 3.92. The topological polar surface area (TPSA) is 30.7 Å². The van der Waals surface area contributed by atoms with Crippen molar-refractivity contribution in [1.29, 1.82) is 0 Å². The van der Waals surface area contributed by atoms with E-state index in [9.17, 15) is 0 Å². The molecule has 0 saturated heterocycles. The molecule has 0 spiro atoms. The lowest BCUT2D eigenvalue weighted by molar-refractivity contribution is 0.969. The summed E-state index contributed by atoms with van der Waals surface area (Å²) in [5, 5.41) is 1.24. The SMILES string of the molecule is Cc1ccc(-n2c(CCl)nc3cc(Cl)cnc32)cc1Cl. The van der Waals surface area contributed by atoms with Gasteiger partial charge in [-0.2, -0.15) is 0 Å². The van der Waals surface area contributed by atoms with Gasteiger partial charge in [-0.25, -0.2) is 9.97 Å². The van der Waals surface area contributed by atoms with Gasteiger partial charge in [0, 0.05) is 11.2 Å². The summed E-state index contributed by atoms with van der Waals surface area (Å²) in [6.45, 7) is 1.96. The Morgan fingerprint density at radius 1 is 1.20 bits per heavy atom. The van der Waals surface area contributed by atoms with Crippen LogP contribution in [0.1, 0.15) is 11.4 Å². The maximum Gasteiger partial charge on any atom is 0.164 e. The molecule has 3 nitrogen and oxygen atoms in total. The molecule has 0 radical (unpaired) electrons. The van der Waals surface area contributed by atoms with Gasteiger partial charge in [-0.15, -0.1) is 11.6 Å². The number of alkyl halides is 1. The summed E-state index contributed by atoms with van der Waals surface area (Å²) < 4.78 is 1.89. The van der Waals surface area contributed by atoms with Crippen molar-refractivity contribution < 1.29 is 0 Å². The van der Waals surface area contributed by atoms with Crippen LogP contribution in [0.3, 0.4) is 0 Å². The van der Waals surface area contributed by atoms with E-state index in [1.165, 1.54) is 0 Å². The molecule has 0 aliphatic heterocycles. The van der Waals surface area contributed by atoms with Crippen molar-refractivity contribution in [3.63, 3.8) is 0 Å². The predicted molar refractivity (Wildman–Crippen MR) is 83.2 cm³/mol. The van der Waals surface area contributed by atoms with Crippen LogP contribution >= 0.6 is 34.8 Å². The Kier molecular flexibility index (Phi) is 3.59. The molecule has 0 atom stereocenters. The predicted octanol–water partition coefficient (Wildman–Crippen LogP) is 4.77. The molecular weight excluding hydrogens is 317 g/mol. The van der Waals surface area contributed by atoms with Crippen LogP contribution in [-0.4, -0.2) is 14.5 Å². The lowest BCUT2D eigenvalue weighted by atomic mass is 10.2. The van der Waals surface area contributed by atoms with E-state index in [2.05, 4.69) is 9.97 Å². The van der Waals surface area contributed by atoms with Crippen LogP contribution in [0.2, 0.25) is 10.0 Å². The number of aromatic nitrogens is 3. The van der Waals surface area contributed by atoms with E-state index in [4.69, 9.17) is 34.8 Å². The fourth-order valence-corrected chi connectivity index (χ4v) is 2.58. The van der Waals surface area contributed by atoms with Crippen molar-refractivity contribution >= 4 is 46.0 Å². The van der Waals surface area contributed by atoms with Crippen molar-refractivity contribution in [3.8, 4) is 5.69 Å². The summed E-state index contributed by atoms with van der Waals surface area (Å²) in [5.41, 5.74) is 3.33. The average Bonchev–Trinajstić information content (AvgIpc) is 2.79. The minimum absolute atomic E-state index is 0.277. The quantitative estimate of drug-likeness (QED) is 0.635. The monoisotopic (exact) mass is 325 g/mol. The van der Waals surface area contributed by atoms with Crippen molar-refractivity contribution in [2.24, 2.45) is 0 Å². The molecule has 3 aromatic rings. The Morgan fingerprint density at radius 3 is 2.70 bits per heavy atom. The molecule has 0 amide bonds. The lowest BCUT2D eigenvalue weighted by Crippen LogP contribution is -2.00. The molecule has 2 heterocycles. The standard InChI is InChI=1S/C14H10Cl3N3/c1-8-2-3-10(5-11(8)17)20-13(6-15)19-12-4-9(16)7-18-14(12)20/h2-5,7H,6H2,1H3. The van der Waals surface area contributed by atoms with E-state index >= 15 is 0 Å². The van der Waals surface area contributed by atoms with E-state index in [0.29, 0.717) is 27.0 Å². The summed E-state index contributed by atoms with van der Waals surface area (Å²) in [5.74, 6) is 0.982. The van der Waals surface area contributed by atoms with Crippen LogP contribution < -0.4 is 0 Å². The molecule has 2 aromatic heterocycles. The smallest absolute Gasteiger partial charge is 0.164 e. The Balaban J connectivity index is 2.30. The molecule has 0 saturated carbocycles. The summed E-state index contributed by atoms with van der Waals surface area (Å²) in [7, 11) is 0. The third kappa shape index (κ3) is 2.26. The first kappa shape index (κ1) is 13.7. The van der Waals surface area contributed by atoms with Crippen molar-refractivity contribution in [1.82, 2.24) is 14.5 Å². The highest BCUT2D eigenvalue weighted by molar-refractivity contribution is 6.31. The number of hydrogen-bond acceptors (Lipinski definition) is 2. The third-order valence-electron chi connectivity index (χ3n) is 3.07. The molecule has 0 fully saturated rings. The number of nitrogens with zero attached hydrogens (tertiary/aromatic N) is 3. The molecular formula is C14H10Cl3N3. The van der Waals surface area contributed by atoms with Crippen molar-refractivity contribution in [2.45, 2.75) is 12.8 Å². The van der Waals surface area contributed by atoms with E-state index in [1.54, 1.807) is 12.3 Å². The Bertz CT molecular complexity index is 796. The van der Waals surface area contributed by atoms with Crippen LogP contribution in [0.25, 0.3) is 16.9 Å². The van der Waals surface area contributed by atoms with Crippen LogP contribution in [0, 0.1) is 6.92 Å². The van der Waals surface area contributed by atoms with Gasteiger partial charge in [-0.1, -0.05) is 29.3 Å². The highest BCUT2D eigenvalue weighted by Gasteiger charge is 2.14. The molecule has 102 valence electrons. The highest BCUT2D eigenvalue weighted by Crippen LogP contribution is 2.26. The molecule has 6 heteroatoms. The minimum Gasteiger partial charge on any atom is -0.280 e. The van der Waals surface area contributed by atoms with Gasteiger partial charge in [-0.3, -0.25) is 4.57 Å². The van der Waals surface area contributed by atoms with E-state index in [1.807, 2.05) is 29.7 Å². The fourth-order valence-electron chi connectivity index (χ4n) is 2.07. The number of hydrogen-bond donors (Lipinski definition) is 0. The zero-order valence-corrected chi connectivity index (χ0v) is 12.8. The van der Waals surface area contributed by atoms with E-state index in [-0.39, 0.29) is 5.88 Å². The summed E-state index contributed by atoms with van der Waals surface area (Å²) >= 11 is 18.1. The van der Waals surface area contributed by atoms with Gasteiger partial charge in [0.2, 0.25) is 0 Å². The van der Waals surface area contributed by atoms with Gasteiger partial charge in [0.1, 0.15) is 11.3 Å². The zero-order valence-electron chi connectivity index (χ0n) is 10.6. The van der Waals surface area contributed by atoms with Crippen LogP contribution in [0.15, 0.2) is 30.5 Å². The van der Waals surface area contributed by atoms with Crippen molar-refractivity contribution in [3.05, 3.63) is 51.9 Å². The first-order chi connectivity index (χ1) is 9.60. The molecule has 0 aliphatic rings. The molecule has 20 heavy (non-hydrogen) atoms. The fraction of sp³-hybridized carbons (Fsp3) is 0.143. The molecule has 0 N–H and O–H groups in total. The maximum atomic E-state index is 6.19. The second-order valence-electron chi connectivity index (χ2n) is 4.43. The maximum absolute atomic E-state index is 6.19. The average molecular weight is 327 g/mol. The van der Waals surface area contributed by atoms with Gasteiger partial charge in [0.05, 0.1) is 16.6 Å². The minimum atomic E-state index is 0.277. The van der Waals surface area contributed by atoms with Gasteiger partial charge in [-0.05, 0) is 30.7 Å². The number of halogens is 3. The normalized spacial score (nSPS) is 11.2. The number of rotatable bonds is 2. The molecule has 0 aliphatic carbocycles. The summed E-state index contributed by atoms with van der Waals surface area (Å²) in [4.78, 5) is 8.81. The number of aryl methyl sites for hydroxylation is 1. The van der Waals surface area contributed by atoms with Gasteiger partial charge in [0.25, 0.3) is 0 Å². The number of imidazole rings is 1. The Morgan fingerprint density at radius 2 is 2.00 bits per heavy atom. The number of fused-ring (bicyclic) bond motifs is 1. The zero-order chi connectivity index (χ0) is 14.3. The van der Waals surface area contributed by atoms with E-state index in [0.717, 1.165) is 11.3 Å². The van der Waals surface area contributed by atoms with Crippen molar-refractivity contribution in [2.75, 3.05) is 0 Å². The highest BCUT2D eigenvalue weighted by atomic mass is 35.5. The first-order valence-electron chi connectivity index (χ1n) is 5.95. The Labute approximate surface area is 131 Å². The summed E-state index contributed by atoms with van der Waals surface area (Å²) in [6.07, 6.45) is 1.59. The molecule has 0 bridgehead atoms. The summed E-state index contributed by atoms with van der Waals surface area (Å²) in [6, 6.07) is 7.57. The molecule has 0 unspecified atom stereocenters. The lowest BCUT2D eigenvalue weighted by Gasteiger charge is -2.08. The second kappa shape index (κ2) is 5.24. The van der Waals surface area contributed by atoms with E-state index < -0.39 is 0 Å². The van der Waals surface area contributed by atoms with Crippen LogP contribution in [-0.2, 0) is 5.88 Å². The molecule has 1 aromatic carbocycles. The van der Waals surface area contributed by atoms with Gasteiger partial charge >= 0.3 is 0 Å². The number of pyridine rings is 1. The second-order valence-corrected chi connectivity index (χ2v) is 5.54. The Hall–Kier alpha value is -1.29. The first-order valence-corrected chi connectivity index (χ1v) is 7.24. The number of benzene rings is 1. The van der Waals surface area contributed by atoms with Gasteiger partial charge < -0.3 is 0 Å². The van der Waals surface area contributed by atoms with Crippen LogP contribution in [0.5, 0.6) is 0 Å². The molecule has 3 rings (SSSR count). The largest absolute Gasteiger partial charge is 0.280 e.